The third kappa shape index (κ3) is 1.93. The van der Waals surface area contributed by atoms with E-state index in [1.165, 1.54) is 4.90 Å². The van der Waals surface area contributed by atoms with Gasteiger partial charge in [0.05, 0.1) is 5.69 Å². The predicted molar refractivity (Wildman–Crippen MR) is 59.6 cm³/mol. The number of anilines is 1. The van der Waals surface area contributed by atoms with Crippen molar-refractivity contribution in [2.24, 2.45) is 5.92 Å². The topological polar surface area (TPSA) is 29.1 Å². The van der Waals surface area contributed by atoms with Crippen LogP contribution in [0.1, 0.15) is 13.3 Å². The first kappa shape index (κ1) is 9.59. The summed E-state index contributed by atoms with van der Waals surface area (Å²) in [6.45, 7) is 1.98. The summed E-state index contributed by atoms with van der Waals surface area (Å²) in [7, 11) is 0. The van der Waals surface area contributed by atoms with Crippen molar-refractivity contribution in [3.63, 3.8) is 0 Å². The molecule has 1 aromatic carbocycles. The number of hydrogen-bond donors (Lipinski definition) is 1. The minimum absolute atomic E-state index is 0.121. The zero-order valence-corrected chi connectivity index (χ0v) is 8.93. The van der Waals surface area contributed by atoms with Crippen molar-refractivity contribution < 1.29 is 4.79 Å². The van der Waals surface area contributed by atoms with Gasteiger partial charge in [0.1, 0.15) is 0 Å². The molecule has 1 aromatic rings. The quantitative estimate of drug-likeness (QED) is 0.708. The number of hydrogen-bond acceptors (Lipinski definition) is 2. The molecule has 14 heavy (non-hydrogen) atoms. The van der Waals surface area contributed by atoms with Crippen molar-refractivity contribution in [1.29, 1.82) is 0 Å². The maximum absolute atomic E-state index is 11.6. The van der Waals surface area contributed by atoms with E-state index in [4.69, 9.17) is 0 Å². The van der Waals surface area contributed by atoms with E-state index in [-0.39, 0.29) is 11.8 Å². The summed E-state index contributed by atoms with van der Waals surface area (Å²) in [6, 6.07) is 7.96. The first-order valence-corrected chi connectivity index (χ1v) is 5.78. The fourth-order valence-electron chi connectivity index (χ4n) is 1.43. The van der Waals surface area contributed by atoms with Gasteiger partial charge in [0.15, 0.2) is 0 Å². The maximum atomic E-state index is 11.6. The van der Waals surface area contributed by atoms with Crippen LogP contribution in [0.4, 0.5) is 5.69 Å². The molecule has 0 radical (unpaired) electrons. The molecule has 2 rings (SSSR count). The Labute approximate surface area is 88.1 Å². The van der Waals surface area contributed by atoms with Crippen molar-refractivity contribution in [3.8, 4) is 0 Å². The Kier molecular flexibility index (Phi) is 2.77. The molecule has 1 unspecified atom stereocenters. The standard InChI is InChI=1S/C11H13NOS/c1-8-6-7-14-10-5-3-2-4-9(10)12-11(8)13/h2-5,8H,6-7H2,1H3,(H,12,13). The Morgan fingerprint density at radius 2 is 2.21 bits per heavy atom. The molecule has 74 valence electrons. The molecule has 1 amide bonds. The van der Waals surface area contributed by atoms with Gasteiger partial charge in [0.25, 0.3) is 0 Å². The number of carbonyl (C=O) groups is 1. The molecule has 1 aliphatic rings. The minimum atomic E-state index is 0.121. The van der Waals surface area contributed by atoms with Gasteiger partial charge in [-0.2, -0.15) is 0 Å². The van der Waals surface area contributed by atoms with Crippen LogP contribution in [0.2, 0.25) is 0 Å². The van der Waals surface area contributed by atoms with Crippen LogP contribution < -0.4 is 5.32 Å². The van der Waals surface area contributed by atoms with Crippen LogP contribution in [0.15, 0.2) is 29.2 Å². The van der Waals surface area contributed by atoms with Gasteiger partial charge in [-0.25, -0.2) is 0 Å². The van der Waals surface area contributed by atoms with Crippen molar-refractivity contribution in [3.05, 3.63) is 24.3 Å². The molecule has 2 nitrogen and oxygen atoms in total. The molecule has 0 saturated heterocycles. The van der Waals surface area contributed by atoms with Crippen LogP contribution in [0.25, 0.3) is 0 Å². The fourth-order valence-corrected chi connectivity index (χ4v) is 2.57. The lowest BCUT2D eigenvalue weighted by Gasteiger charge is -2.18. The summed E-state index contributed by atoms with van der Waals surface area (Å²) in [4.78, 5) is 12.8. The van der Waals surface area contributed by atoms with Crippen LogP contribution in [0.5, 0.6) is 0 Å². The van der Waals surface area contributed by atoms with Gasteiger partial charge in [-0.3, -0.25) is 4.79 Å². The first-order valence-electron chi connectivity index (χ1n) is 4.80. The first-order chi connectivity index (χ1) is 6.77. The Balaban J connectivity index is 2.29. The van der Waals surface area contributed by atoms with Crippen LogP contribution >= 0.6 is 11.8 Å². The van der Waals surface area contributed by atoms with Crippen LogP contribution in [0.3, 0.4) is 0 Å². The Bertz CT molecular complexity index is 351. The molecule has 0 fully saturated rings. The number of nitrogens with one attached hydrogen (secondary N) is 1. The molecule has 1 N–H and O–H groups in total. The van der Waals surface area contributed by atoms with Gasteiger partial charge >= 0.3 is 0 Å². The molecule has 1 aliphatic heterocycles. The van der Waals surface area contributed by atoms with Gasteiger partial charge in [-0.15, -0.1) is 11.8 Å². The largest absolute Gasteiger partial charge is 0.325 e. The van der Waals surface area contributed by atoms with E-state index in [1.54, 1.807) is 0 Å². The number of carbonyl (C=O) groups excluding carboxylic acids is 1. The Morgan fingerprint density at radius 1 is 1.43 bits per heavy atom. The van der Waals surface area contributed by atoms with Crippen LogP contribution in [-0.2, 0) is 4.79 Å². The molecule has 1 heterocycles. The van der Waals surface area contributed by atoms with Crippen molar-refractivity contribution in [1.82, 2.24) is 0 Å². The highest BCUT2D eigenvalue weighted by Gasteiger charge is 2.17. The Hall–Kier alpha value is -0.960. The lowest BCUT2D eigenvalue weighted by molar-refractivity contribution is -0.119. The summed E-state index contributed by atoms with van der Waals surface area (Å²) in [5.41, 5.74) is 0.953. The number of rotatable bonds is 0. The van der Waals surface area contributed by atoms with E-state index in [1.807, 2.05) is 36.9 Å². The second kappa shape index (κ2) is 4.05. The molecular formula is C11H13NOS. The van der Waals surface area contributed by atoms with E-state index >= 15 is 0 Å². The van der Waals surface area contributed by atoms with E-state index in [0.29, 0.717) is 0 Å². The van der Waals surface area contributed by atoms with Crippen LogP contribution in [-0.4, -0.2) is 11.7 Å². The lowest BCUT2D eigenvalue weighted by Crippen LogP contribution is -2.22. The van der Waals surface area contributed by atoms with Gasteiger partial charge in [0.2, 0.25) is 5.91 Å². The second-order valence-corrected chi connectivity index (χ2v) is 4.66. The third-order valence-corrected chi connectivity index (χ3v) is 3.51. The number of thioether (sulfide) groups is 1. The normalized spacial score (nSPS) is 21.8. The zero-order chi connectivity index (χ0) is 9.97. The molecule has 0 aromatic heterocycles. The Morgan fingerprint density at radius 3 is 3.07 bits per heavy atom. The highest BCUT2D eigenvalue weighted by atomic mass is 32.2. The average Bonchev–Trinajstić information content (AvgIpc) is 2.18. The highest BCUT2D eigenvalue weighted by Crippen LogP contribution is 2.30. The number of amides is 1. The van der Waals surface area contributed by atoms with Gasteiger partial charge in [-0.1, -0.05) is 19.1 Å². The number of para-hydroxylation sites is 1. The molecule has 1 atom stereocenters. The molecule has 0 aliphatic carbocycles. The molecule has 0 spiro atoms. The minimum Gasteiger partial charge on any atom is -0.325 e. The predicted octanol–water partition coefficient (Wildman–Crippen LogP) is 2.76. The molecule has 0 bridgehead atoms. The zero-order valence-electron chi connectivity index (χ0n) is 8.12. The van der Waals surface area contributed by atoms with Crippen LogP contribution in [0, 0.1) is 5.92 Å². The van der Waals surface area contributed by atoms with Gasteiger partial charge < -0.3 is 5.32 Å². The summed E-state index contributed by atoms with van der Waals surface area (Å²) < 4.78 is 0. The highest BCUT2D eigenvalue weighted by molar-refractivity contribution is 7.99. The van der Waals surface area contributed by atoms with Crippen molar-refractivity contribution in [2.45, 2.75) is 18.2 Å². The van der Waals surface area contributed by atoms with E-state index in [9.17, 15) is 4.79 Å². The van der Waals surface area contributed by atoms with Gasteiger partial charge in [-0.05, 0) is 24.3 Å². The van der Waals surface area contributed by atoms with E-state index < -0.39 is 0 Å². The summed E-state index contributed by atoms with van der Waals surface area (Å²) in [6.07, 6.45) is 0.949. The van der Waals surface area contributed by atoms with Crippen molar-refractivity contribution >= 4 is 23.4 Å². The smallest absolute Gasteiger partial charge is 0.227 e. The van der Waals surface area contributed by atoms with E-state index in [0.717, 1.165) is 17.9 Å². The second-order valence-electron chi connectivity index (χ2n) is 3.52. The third-order valence-electron chi connectivity index (χ3n) is 2.40. The maximum Gasteiger partial charge on any atom is 0.227 e. The number of benzene rings is 1. The fraction of sp³-hybridized carbons (Fsp3) is 0.364. The molecule has 0 saturated carbocycles. The monoisotopic (exact) mass is 207 g/mol. The number of fused-ring (bicyclic) bond motifs is 1. The summed E-state index contributed by atoms with van der Waals surface area (Å²) >= 11 is 1.81. The molecule has 3 heteroatoms. The summed E-state index contributed by atoms with van der Waals surface area (Å²) in [5, 5.41) is 2.95. The van der Waals surface area contributed by atoms with Crippen molar-refractivity contribution in [2.75, 3.05) is 11.1 Å². The molecular weight excluding hydrogens is 194 g/mol. The summed E-state index contributed by atoms with van der Waals surface area (Å²) in [5.74, 6) is 1.28. The van der Waals surface area contributed by atoms with Gasteiger partial charge in [0, 0.05) is 10.8 Å². The SMILES string of the molecule is CC1CCSc2ccccc2NC1=O. The lowest BCUT2D eigenvalue weighted by atomic mass is 10.1. The van der Waals surface area contributed by atoms with E-state index in [2.05, 4.69) is 11.4 Å². The average molecular weight is 207 g/mol.